The van der Waals surface area contributed by atoms with E-state index in [2.05, 4.69) is 21.2 Å². The molecule has 1 unspecified atom stereocenters. The van der Waals surface area contributed by atoms with E-state index in [4.69, 9.17) is 16.3 Å². The van der Waals surface area contributed by atoms with Crippen molar-refractivity contribution in [3.63, 3.8) is 0 Å². The summed E-state index contributed by atoms with van der Waals surface area (Å²) in [7, 11) is 0. The minimum absolute atomic E-state index is 0.304. The average molecular weight is 335 g/mol. The molecule has 1 rings (SSSR count). The second-order valence-corrected chi connectivity index (χ2v) is 5.03. The summed E-state index contributed by atoms with van der Waals surface area (Å²) < 4.78 is 5.47. The molecule has 0 radical (unpaired) electrons. The molecule has 0 saturated carbocycles. The molecule has 0 aliphatic carbocycles. The fraction of sp³-hybridized carbons (Fsp3) is 0.333. The van der Waals surface area contributed by atoms with Gasteiger partial charge >= 0.3 is 5.97 Å². The van der Waals surface area contributed by atoms with E-state index in [0.29, 0.717) is 22.3 Å². The van der Waals surface area contributed by atoms with E-state index in [1.165, 1.54) is 0 Å². The predicted octanol–water partition coefficient (Wildman–Crippen LogP) is 3.19. The first-order valence-corrected chi connectivity index (χ1v) is 6.60. The van der Waals surface area contributed by atoms with Crippen molar-refractivity contribution in [1.82, 2.24) is 0 Å². The lowest BCUT2D eigenvalue weighted by molar-refractivity contribution is -0.115. The van der Waals surface area contributed by atoms with Gasteiger partial charge in [0.05, 0.1) is 17.9 Å². The number of carbonyl (C=O) groups is 2. The summed E-state index contributed by atoms with van der Waals surface area (Å²) in [6.07, 6.45) is 0. The summed E-state index contributed by atoms with van der Waals surface area (Å²) in [5.41, 5.74) is 0.973. The minimum atomic E-state index is -0.623. The van der Waals surface area contributed by atoms with E-state index in [1.807, 2.05) is 0 Å². The molecule has 0 fully saturated rings. The fourth-order valence-electron chi connectivity index (χ4n) is 1.19. The number of benzene rings is 1. The molecule has 18 heavy (non-hydrogen) atoms. The number of ether oxygens (including phenoxy) is 1. The molecule has 6 heteroatoms. The number of halogens is 2. The standard InChI is InChI=1S/C12H13BrClNO3/c1-3-18-12(17)8-4-5-10(9(13)6-8)15-11(16)7(2)14/h4-7H,3H2,1-2H3,(H,15,16). The van der Waals surface area contributed by atoms with Gasteiger partial charge in [-0.2, -0.15) is 0 Å². The first kappa shape index (κ1) is 15.0. The van der Waals surface area contributed by atoms with Gasteiger partial charge in [-0.1, -0.05) is 0 Å². The molecule has 0 heterocycles. The Morgan fingerprint density at radius 1 is 1.50 bits per heavy atom. The first-order valence-electron chi connectivity index (χ1n) is 5.37. The van der Waals surface area contributed by atoms with Crippen molar-refractivity contribution in [1.29, 1.82) is 0 Å². The molecule has 0 aliphatic heterocycles. The van der Waals surface area contributed by atoms with Gasteiger partial charge in [-0.05, 0) is 48.0 Å². The van der Waals surface area contributed by atoms with Crippen LogP contribution >= 0.6 is 27.5 Å². The number of rotatable bonds is 4. The Balaban J connectivity index is 2.86. The molecular formula is C12H13BrClNO3. The Kier molecular flexibility index (Phi) is 5.62. The van der Waals surface area contributed by atoms with E-state index in [1.54, 1.807) is 32.0 Å². The quantitative estimate of drug-likeness (QED) is 0.679. The fourth-order valence-corrected chi connectivity index (χ4v) is 1.72. The van der Waals surface area contributed by atoms with Crippen LogP contribution in [0.5, 0.6) is 0 Å². The van der Waals surface area contributed by atoms with Crippen molar-refractivity contribution in [2.24, 2.45) is 0 Å². The number of carbonyl (C=O) groups excluding carboxylic acids is 2. The number of nitrogens with one attached hydrogen (secondary N) is 1. The van der Waals surface area contributed by atoms with Gasteiger partial charge < -0.3 is 10.1 Å². The summed E-state index contributed by atoms with van der Waals surface area (Å²) in [5, 5.41) is 2.01. The van der Waals surface area contributed by atoms with E-state index in [9.17, 15) is 9.59 Å². The third-order valence-electron chi connectivity index (χ3n) is 2.10. The van der Waals surface area contributed by atoms with Crippen LogP contribution in [-0.2, 0) is 9.53 Å². The second kappa shape index (κ2) is 6.75. The van der Waals surface area contributed by atoms with Gasteiger partial charge in [0.25, 0.3) is 0 Å². The Hall–Kier alpha value is -1.07. The second-order valence-electron chi connectivity index (χ2n) is 3.52. The Labute approximate surface area is 119 Å². The lowest BCUT2D eigenvalue weighted by Gasteiger charge is -2.09. The largest absolute Gasteiger partial charge is 0.462 e. The summed E-state index contributed by atoms with van der Waals surface area (Å²) in [4.78, 5) is 22.9. The normalized spacial score (nSPS) is 11.8. The summed E-state index contributed by atoms with van der Waals surface area (Å²) in [6.45, 7) is 3.64. The van der Waals surface area contributed by atoms with Crippen LogP contribution in [0.3, 0.4) is 0 Å². The SMILES string of the molecule is CCOC(=O)c1ccc(NC(=O)C(C)Cl)c(Br)c1. The van der Waals surface area contributed by atoms with E-state index in [0.717, 1.165) is 0 Å². The molecular weight excluding hydrogens is 321 g/mol. The van der Waals surface area contributed by atoms with Crippen LogP contribution in [0.4, 0.5) is 5.69 Å². The van der Waals surface area contributed by atoms with Crippen molar-refractivity contribution in [2.45, 2.75) is 19.2 Å². The van der Waals surface area contributed by atoms with Crippen LogP contribution in [0.1, 0.15) is 24.2 Å². The van der Waals surface area contributed by atoms with Gasteiger partial charge in [-0.25, -0.2) is 4.79 Å². The predicted molar refractivity (Wildman–Crippen MR) is 74.0 cm³/mol. The molecule has 1 aromatic carbocycles. The molecule has 1 aromatic rings. The van der Waals surface area contributed by atoms with Gasteiger partial charge in [0.1, 0.15) is 5.38 Å². The zero-order chi connectivity index (χ0) is 13.7. The van der Waals surface area contributed by atoms with Gasteiger partial charge in [-0.15, -0.1) is 11.6 Å². The maximum Gasteiger partial charge on any atom is 0.338 e. The molecule has 1 atom stereocenters. The zero-order valence-electron chi connectivity index (χ0n) is 10.00. The molecule has 1 N–H and O–H groups in total. The number of hydrogen-bond acceptors (Lipinski definition) is 3. The number of anilines is 1. The molecule has 0 aromatic heterocycles. The van der Waals surface area contributed by atoms with Gasteiger partial charge in [0, 0.05) is 4.47 Å². The number of amides is 1. The van der Waals surface area contributed by atoms with Crippen LogP contribution in [0.15, 0.2) is 22.7 Å². The van der Waals surface area contributed by atoms with Gasteiger partial charge in [-0.3, -0.25) is 4.79 Å². The maximum atomic E-state index is 11.5. The van der Waals surface area contributed by atoms with Crippen molar-refractivity contribution in [3.8, 4) is 0 Å². The molecule has 98 valence electrons. The number of alkyl halides is 1. The van der Waals surface area contributed by atoms with E-state index >= 15 is 0 Å². The van der Waals surface area contributed by atoms with E-state index in [-0.39, 0.29) is 5.91 Å². The van der Waals surface area contributed by atoms with Crippen molar-refractivity contribution in [3.05, 3.63) is 28.2 Å². The number of hydrogen-bond donors (Lipinski definition) is 1. The Morgan fingerprint density at radius 2 is 2.17 bits per heavy atom. The smallest absolute Gasteiger partial charge is 0.338 e. The van der Waals surface area contributed by atoms with E-state index < -0.39 is 11.3 Å². The molecule has 4 nitrogen and oxygen atoms in total. The minimum Gasteiger partial charge on any atom is -0.462 e. The lowest BCUT2D eigenvalue weighted by Crippen LogP contribution is -2.20. The lowest BCUT2D eigenvalue weighted by atomic mass is 10.2. The van der Waals surface area contributed by atoms with Crippen LogP contribution in [-0.4, -0.2) is 23.9 Å². The van der Waals surface area contributed by atoms with Gasteiger partial charge in [0.2, 0.25) is 5.91 Å². The highest BCUT2D eigenvalue weighted by molar-refractivity contribution is 9.10. The van der Waals surface area contributed by atoms with Gasteiger partial charge in [0.15, 0.2) is 0 Å². The third kappa shape index (κ3) is 3.99. The highest BCUT2D eigenvalue weighted by Gasteiger charge is 2.13. The Bertz CT molecular complexity index is 463. The van der Waals surface area contributed by atoms with Crippen LogP contribution in [0.25, 0.3) is 0 Å². The zero-order valence-corrected chi connectivity index (χ0v) is 12.3. The highest BCUT2D eigenvalue weighted by Crippen LogP contribution is 2.24. The highest BCUT2D eigenvalue weighted by atomic mass is 79.9. The summed E-state index contributed by atoms with van der Waals surface area (Å²) in [5.74, 6) is -0.706. The molecule has 0 bridgehead atoms. The van der Waals surface area contributed by atoms with Crippen LogP contribution in [0, 0.1) is 0 Å². The summed E-state index contributed by atoms with van der Waals surface area (Å²) in [6, 6.07) is 4.79. The van der Waals surface area contributed by atoms with Crippen molar-refractivity contribution in [2.75, 3.05) is 11.9 Å². The average Bonchev–Trinajstić information content (AvgIpc) is 2.31. The van der Waals surface area contributed by atoms with Crippen LogP contribution < -0.4 is 5.32 Å². The molecule has 0 aliphatic rings. The third-order valence-corrected chi connectivity index (χ3v) is 2.95. The first-order chi connectivity index (χ1) is 8.45. The number of esters is 1. The van der Waals surface area contributed by atoms with Crippen molar-refractivity contribution >= 4 is 45.1 Å². The maximum absolute atomic E-state index is 11.5. The Morgan fingerprint density at radius 3 is 2.67 bits per heavy atom. The molecule has 0 spiro atoms. The topological polar surface area (TPSA) is 55.4 Å². The van der Waals surface area contributed by atoms with Crippen LogP contribution in [0.2, 0.25) is 0 Å². The summed E-state index contributed by atoms with van der Waals surface area (Å²) >= 11 is 8.93. The molecule has 0 saturated heterocycles. The van der Waals surface area contributed by atoms with Crippen molar-refractivity contribution < 1.29 is 14.3 Å². The molecule has 1 amide bonds. The monoisotopic (exact) mass is 333 g/mol.